The van der Waals surface area contributed by atoms with E-state index in [2.05, 4.69) is 4.98 Å². The van der Waals surface area contributed by atoms with E-state index in [1.807, 2.05) is 5.32 Å². The predicted octanol–water partition coefficient (Wildman–Crippen LogP) is 4.19. The van der Waals surface area contributed by atoms with Crippen LogP contribution in [0.4, 0.5) is 30.7 Å². The Morgan fingerprint density at radius 3 is 2.24 bits per heavy atom. The lowest BCUT2D eigenvalue weighted by molar-refractivity contribution is -0.265. The van der Waals surface area contributed by atoms with Crippen LogP contribution in [-0.2, 0) is 11.1 Å². The van der Waals surface area contributed by atoms with Crippen LogP contribution in [0.2, 0.25) is 0 Å². The molecule has 0 spiro atoms. The number of carbonyl (C=O) groups excluding carboxylic acids is 1. The lowest BCUT2D eigenvalue weighted by atomic mass is 9.87. The van der Waals surface area contributed by atoms with Crippen molar-refractivity contribution in [3.63, 3.8) is 0 Å². The summed E-state index contributed by atoms with van der Waals surface area (Å²) in [6.07, 6.45) is -10.7. The highest BCUT2D eigenvalue weighted by atomic mass is 19.4. The average molecular weight is 589 g/mol. The fourth-order valence-electron chi connectivity index (χ4n) is 4.15. The van der Waals surface area contributed by atoms with Gasteiger partial charge in [-0.1, -0.05) is 0 Å². The minimum Gasteiger partial charge on any atom is -0.493 e. The summed E-state index contributed by atoms with van der Waals surface area (Å²) in [5.74, 6) is -2.10. The quantitative estimate of drug-likeness (QED) is 0.354. The summed E-state index contributed by atoms with van der Waals surface area (Å²) in [4.78, 5) is 16.5. The lowest BCUT2D eigenvalue weighted by Gasteiger charge is -2.32. The highest BCUT2D eigenvalue weighted by Crippen LogP contribution is 2.51. The number of hydrogen-bond acceptors (Lipinski definition) is 7. The first kappa shape index (κ1) is 29.9. The molecule has 0 bridgehead atoms. The van der Waals surface area contributed by atoms with Crippen LogP contribution in [0.3, 0.4) is 0 Å². The molecule has 15 heteroatoms. The summed E-state index contributed by atoms with van der Waals surface area (Å²) in [5.41, 5.74) is -4.74. The SMILES string of the molecule is COc1ccc(C(=O)NCC(O)(c2cc3c(c(-c4ccc(F)cc4)n2)OC[C@@]3(N)C(F)(F)F)C(F)(F)F)cc1OC. The van der Waals surface area contributed by atoms with Crippen molar-refractivity contribution in [1.82, 2.24) is 10.3 Å². The Labute approximate surface area is 227 Å². The largest absolute Gasteiger partial charge is 0.493 e. The number of nitrogens with zero attached hydrogens (tertiary/aromatic N) is 1. The molecule has 41 heavy (non-hydrogen) atoms. The van der Waals surface area contributed by atoms with Gasteiger partial charge in [0.05, 0.1) is 26.5 Å². The molecule has 220 valence electrons. The van der Waals surface area contributed by atoms with Gasteiger partial charge >= 0.3 is 12.4 Å². The molecule has 1 amide bonds. The molecule has 0 saturated heterocycles. The van der Waals surface area contributed by atoms with Crippen molar-refractivity contribution in [3.8, 4) is 28.5 Å². The van der Waals surface area contributed by atoms with Gasteiger partial charge in [0.2, 0.25) is 5.60 Å². The van der Waals surface area contributed by atoms with Crippen LogP contribution < -0.4 is 25.3 Å². The molecule has 2 aromatic carbocycles. The van der Waals surface area contributed by atoms with Gasteiger partial charge in [0, 0.05) is 16.7 Å². The number of aromatic nitrogens is 1. The number of amides is 1. The first-order valence-corrected chi connectivity index (χ1v) is 11.7. The third kappa shape index (κ3) is 5.22. The topological polar surface area (TPSA) is 116 Å². The van der Waals surface area contributed by atoms with E-state index < -0.39 is 71.1 Å². The average Bonchev–Trinajstić information content (AvgIpc) is 3.28. The molecule has 1 aliphatic rings. The zero-order valence-electron chi connectivity index (χ0n) is 21.3. The number of rotatable bonds is 7. The van der Waals surface area contributed by atoms with Gasteiger partial charge in [-0.3, -0.25) is 4.79 Å². The van der Waals surface area contributed by atoms with Crippen LogP contribution in [0.1, 0.15) is 21.6 Å². The second-order valence-corrected chi connectivity index (χ2v) is 9.11. The van der Waals surface area contributed by atoms with Gasteiger partial charge in [0.25, 0.3) is 5.91 Å². The van der Waals surface area contributed by atoms with Crippen molar-refractivity contribution >= 4 is 5.91 Å². The molecular weight excluding hydrogens is 567 g/mol. The molecular formula is C26H22F7N3O5. The molecule has 0 fully saturated rings. The van der Waals surface area contributed by atoms with E-state index in [1.165, 1.54) is 32.4 Å². The van der Waals surface area contributed by atoms with Gasteiger partial charge < -0.3 is 30.4 Å². The predicted molar refractivity (Wildman–Crippen MR) is 129 cm³/mol. The van der Waals surface area contributed by atoms with Gasteiger partial charge in [-0.15, -0.1) is 0 Å². The molecule has 8 nitrogen and oxygen atoms in total. The minimum atomic E-state index is -5.56. The Bertz CT molecular complexity index is 1460. The van der Waals surface area contributed by atoms with Crippen LogP contribution >= 0.6 is 0 Å². The van der Waals surface area contributed by atoms with E-state index in [-0.39, 0.29) is 22.6 Å². The molecule has 4 N–H and O–H groups in total. The van der Waals surface area contributed by atoms with Gasteiger partial charge in [-0.25, -0.2) is 9.37 Å². The van der Waals surface area contributed by atoms with Crippen molar-refractivity contribution in [3.05, 3.63) is 71.2 Å². The second kappa shape index (κ2) is 10.4. The number of carbonyl (C=O) groups is 1. The van der Waals surface area contributed by atoms with Gasteiger partial charge in [0.1, 0.15) is 18.1 Å². The smallest absolute Gasteiger partial charge is 0.424 e. The highest BCUT2D eigenvalue weighted by Gasteiger charge is 2.61. The number of pyridine rings is 1. The maximum Gasteiger partial charge on any atom is 0.424 e. The van der Waals surface area contributed by atoms with E-state index in [0.717, 1.165) is 24.3 Å². The number of nitrogens with two attached hydrogens (primary N) is 1. The Kier molecular flexibility index (Phi) is 7.56. The lowest BCUT2D eigenvalue weighted by Crippen LogP contribution is -2.53. The van der Waals surface area contributed by atoms with Crippen LogP contribution in [0, 0.1) is 5.82 Å². The molecule has 3 aromatic rings. The van der Waals surface area contributed by atoms with Crippen molar-refractivity contribution in [2.45, 2.75) is 23.5 Å². The number of alkyl halides is 6. The maximum atomic E-state index is 14.4. The van der Waals surface area contributed by atoms with E-state index in [4.69, 9.17) is 19.9 Å². The van der Waals surface area contributed by atoms with E-state index in [1.54, 1.807) is 0 Å². The van der Waals surface area contributed by atoms with Crippen molar-refractivity contribution < 1.29 is 54.8 Å². The molecule has 2 atom stereocenters. The zero-order valence-corrected chi connectivity index (χ0v) is 21.3. The standard InChI is InChI=1S/C26H22F7N3O5/c1-39-17-8-5-14(9-18(17)40-2)22(37)35-11-24(38,26(31,32)33)19-10-16-21(41-12-23(16,34)25(28,29)30)20(36-19)13-3-6-15(27)7-4-13/h3-10,38H,11-12,34H2,1-2H3,(H,35,37)/t23-,24?/m0/s1. The first-order valence-electron chi connectivity index (χ1n) is 11.7. The summed E-state index contributed by atoms with van der Waals surface area (Å²) in [5, 5.41) is 12.9. The number of fused-ring (bicyclic) bond motifs is 1. The molecule has 0 aliphatic carbocycles. The minimum absolute atomic E-state index is 0.0851. The van der Waals surface area contributed by atoms with E-state index >= 15 is 0 Å². The van der Waals surface area contributed by atoms with Crippen LogP contribution in [0.5, 0.6) is 17.2 Å². The summed E-state index contributed by atoms with van der Waals surface area (Å²) >= 11 is 0. The normalized spacial score (nSPS) is 18.2. The summed E-state index contributed by atoms with van der Waals surface area (Å²) in [6, 6.07) is 7.98. The number of methoxy groups -OCH3 is 2. The number of nitrogens with one attached hydrogen (secondary N) is 1. The number of ether oxygens (including phenoxy) is 3. The highest BCUT2D eigenvalue weighted by molar-refractivity contribution is 5.95. The first-order chi connectivity index (χ1) is 19.1. The Balaban J connectivity index is 1.82. The van der Waals surface area contributed by atoms with E-state index in [9.17, 15) is 40.6 Å². The molecule has 2 heterocycles. The van der Waals surface area contributed by atoms with Crippen molar-refractivity contribution in [2.75, 3.05) is 27.4 Å². The number of hydrogen-bond donors (Lipinski definition) is 3. The number of aliphatic hydroxyl groups is 1. The third-order valence-electron chi connectivity index (χ3n) is 6.56. The zero-order chi connectivity index (χ0) is 30.4. The third-order valence-corrected chi connectivity index (χ3v) is 6.56. The number of halogens is 7. The fraction of sp³-hybridized carbons (Fsp3) is 0.308. The molecule has 1 aromatic heterocycles. The Hall–Kier alpha value is -4.11. The van der Waals surface area contributed by atoms with Crippen LogP contribution in [-0.4, -0.2) is 55.7 Å². The molecule has 1 unspecified atom stereocenters. The van der Waals surface area contributed by atoms with Crippen LogP contribution in [0.15, 0.2) is 48.5 Å². The van der Waals surface area contributed by atoms with Crippen LogP contribution in [0.25, 0.3) is 11.3 Å². The van der Waals surface area contributed by atoms with Crippen molar-refractivity contribution in [1.29, 1.82) is 0 Å². The summed E-state index contributed by atoms with van der Waals surface area (Å²) in [6.45, 7) is -2.74. The monoisotopic (exact) mass is 589 g/mol. The fourth-order valence-corrected chi connectivity index (χ4v) is 4.15. The van der Waals surface area contributed by atoms with Crippen molar-refractivity contribution in [2.24, 2.45) is 5.73 Å². The Morgan fingerprint density at radius 1 is 1.05 bits per heavy atom. The molecule has 1 aliphatic heterocycles. The molecule has 0 saturated carbocycles. The molecule has 0 radical (unpaired) electrons. The molecule has 4 rings (SSSR count). The summed E-state index contributed by atoms with van der Waals surface area (Å²) < 4.78 is 114. The second-order valence-electron chi connectivity index (χ2n) is 9.11. The van der Waals surface area contributed by atoms with Gasteiger partial charge in [-0.2, -0.15) is 26.3 Å². The summed E-state index contributed by atoms with van der Waals surface area (Å²) in [7, 11) is 2.59. The number of benzene rings is 2. The van der Waals surface area contributed by atoms with Gasteiger partial charge in [0.15, 0.2) is 22.8 Å². The van der Waals surface area contributed by atoms with Gasteiger partial charge in [-0.05, 0) is 48.5 Å². The Morgan fingerprint density at radius 2 is 1.68 bits per heavy atom. The maximum absolute atomic E-state index is 14.4. The van der Waals surface area contributed by atoms with E-state index in [0.29, 0.717) is 6.07 Å².